The molecule has 0 radical (unpaired) electrons. The normalized spacial score (nSPS) is 15.0. The third-order valence-electron chi connectivity index (χ3n) is 3.80. The van der Waals surface area contributed by atoms with Crippen LogP contribution >= 0.6 is 27.3 Å². The molecule has 1 saturated carbocycles. The number of carbonyl (C=O) groups excluding carboxylic acids is 2. The largest absolute Gasteiger partial charge is 0.345 e. The summed E-state index contributed by atoms with van der Waals surface area (Å²) in [7, 11) is 0. The molecular formula is C17H17BrN2O2S. The predicted octanol–water partition coefficient (Wildman–Crippen LogP) is 4.35. The van der Waals surface area contributed by atoms with Crippen molar-refractivity contribution in [3.63, 3.8) is 0 Å². The minimum atomic E-state index is -0.102. The van der Waals surface area contributed by atoms with E-state index < -0.39 is 0 Å². The number of halogens is 1. The fourth-order valence-electron chi connectivity index (χ4n) is 2.24. The van der Waals surface area contributed by atoms with Crippen molar-refractivity contribution < 1.29 is 9.59 Å². The molecular weight excluding hydrogens is 376 g/mol. The smallest absolute Gasteiger partial charge is 0.252 e. The first kappa shape index (κ1) is 16.2. The third kappa shape index (κ3) is 4.20. The van der Waals surface area contributed by atoms with Gasteiger partial charge in [0.2, 0.25) is 5.91 Å². The van der Waals surface area contributed by atoms with Gasteiger partial charge in [0, 0.05) is 17.0 Å². The average molecular weight is 393 g/mol. The van der Waals surface area contributed by atoms with Crippen molar-refractivity contribution in [3.05, 3.63) is 50.6 Å². The minimum absolute atomic E-state index is 0.0921. The summed E-state index contributed by atoms with van der Waals surface area (Å²) in [6.45, 7) is 1.94. The fraction of sp³-hybridized carbons (Fsp3) is 0.294. The zero-order valence-electron chi connectivity index (χ0n) is 12.6. The van der Waals surface area contributed by atoms with Gasteiger partial charge in [-0.3, -0.25) is 9.59 Å². The lowest BCUT2D eigenvalue weighted by atomic mass is 10.1. The van der Waals surface area contributed by atoms with E-state index in [0.717, 1.165) is 27.9 Å². The fourth-order valence-corrected chi connectivity index (χ4v) is 3.37. The predicted molar refractivity (Wildman–Crippen MR) is 95.7 cm³/mol. The number of carbonyl (C=O) groups is 2. The Morgan fingerprint density at radius 3 is 2.52 bits per heavy atom. The molecule has 6 heteroatoms. The number of anilines is 1. The van der Waals surface area contributed by atoms with Gasteiger partial charge < -0.3 is 10.6 Å². The molecule has 1 fully saturated rings. The maximum Gasteiger partial charge on any atom is 0.252 e. The Balaban J connectivity index is 1.59. The Morgan fingerprint density at radius 1 is 1.26 bits per heavy atom. The Labute approximate surface area is 147 Å². The second-order valence-electron chi connectivity index (χ2n) is 5.72. The number of rotatable bonds is 5. The van der Waals surface area contributed by atoms with Gasteiger partial charge in [-0.1, -0.05) is 12.1 Å². The van der Waals surface area contributed by atoms with Crippen molar-refractivity contribution in [2.45, 2.75) is 25.8 Å². The van der Waals surface area contributed by atoms with Crippen LogP contribution in [-0.4, -0.2) is 11.8 Å². The van der Waals surface area contributed by atoms with Crippen molar-refractivity contribution in [2.75, 3.05) is 5.32 Å². The molecule has 120 valence electrons. The van der Waals surface area contributed by atoms with E-state index >= 15 is 0 Å². The molecule has 1 aromatic heterocycles. The molecule has 2 amide bonds. The van der Waals surface area contributed by atoms with Crippen LogP contribution in [0.25, 0.3) is 0 Å². The summed E-state index contributed by atoms with van der Waals surface area (Å²) >= 11 is 4.84. The summed E-state index contributed by atoms with van der Waals surface area (Å²) in [6.07, 6.45) is 1.98. The number of thiophene rings is 1. The molecule has 1 heterocycles. The molecule has 1 aliphatic carbocycles. The summed E-state index contributed by atoms with van der Waals surface area (Å²) in [4.78, 5) is 23.9. The number of nitrogens with one attached hydrogen (secondary N) is 2. The Hall–Kier alpha value is -1.66. The number of hydrogen-bond acceptors (Lipinski definition) is 3. The molecule has 4 nitrogen and oxygen atoms in total. The second-order valence-corrected chi connectivity index (χ2v) is 8.01. The van der Waals surface area contributed by atoms with Crippen molar-refractivity contribution >= 4 is 44.8 Å². The van der Waals surface area contributed by atoms with Gasteiger partial charge in [0.1, 0.15) is 0 Å². The third-order valence-corrected chi connectivity index (χ3v) is 5.31. The molecule has 0 spiro atoms. The van der Waals surface area contributed by atoms with Gasteiger partial charge in [0.15, 0.2) is 0 Å². The summed E-state index contributed by atoms with van der Waals surface area (Å²) in [6, 6.07) is 9.31. The van der Waals surface area contributed by atoms with E-state index in [-0.39, 0.29) is 23.8 Å². The lowest BCUT2D eigenvalue weighted by molar-refractivity contribution is -0.117. The van der Waals surface area contributed by atoms with Crippen LogP contribution in [0.3, 0.4) is 0 Å². The van der Waals surface area contributed by atoms with Gasteiger partial charge in [-0.2, -0.15) is 0 Å². The SMILES string of the molecule is CC(NC(=O)c1csc(Br)c1)c1ccc(NC(=O)C2CC2)cc1. The van der Waals surface area contributed by atoms with E-state index in [0.29, 0.717) is 5.56 Å². The van der Waals surface area contributed by atoms with Crippen LogP contribution in [0.2, 0.25) is 0 Å². The molecule has 2 N–H and O–H groups in total. The molecule has 2 aromatic rings. The van der Waals surface area contributed by atoms with Crippen LogP contribution in [0.1, 0.15) is 41.7 Å². The van der Waals surface area contributed by atoms with Crippen LogP contribution in [0.5, 0.6) is 0 Å². The molecule has 0 saturated heterocycles. The molecule has 1 atom stereocenters. The highest BCUT2D eigenvalue weighted by Crippen LogP contribution is 2.30. The zero-order chi connectivity index (χ0) is 16.4. The van der Waals surface area contributed by atoms with E-state index in [1.165, 1.54) is 11.3 Å². The summed E-state index contributed by atoms with van der Waals surface area (Å²) < 4.78 is 0.936. The van der Waals surface area contributed by atoms with Gasteiger partial charge in [0.25, 0.3) is 5.91 Å². The van der Waals surface area contributed by atoms with Crippen molar-refractivity contribution in [3.8, 4) is 0 Å². The average Bonchev–Trinajstić information content (AvgIpc) is 3.29. The van der Waals surface area contributed by atoms with Gasteiger partial charge in [-0.15, -0.1) is 11.3 Å². The van der Waals surface area contributed by atoms with E-state index in [4.69, 9.17) is 0 Å². The van der Waals surface area contributed by atoms with E-state index in [9.17, 15) is 9.59 Å². The molecule has 0 bridgehead atoms. The number of benzene rings is 1. The standard InChI is InChI=1S/C17H17BrN2O2S/c1-10(19-17(22)13-8-15(18)23-9-13)11-4-6-14(7-5-11)20-16(21)12-2-3-12/h4-10,12H,2-3H2,1H3,(H,19,22)(H,20,21). The first-order valence-corrected chi connectivity index (χ1v) is 9.16. The van der Waals surface area contributed by atoms with Crippen molar-refractivity contribution in [1.29, 1.82) is 0 Å². The first-order valence-electron chi connectivity index (χ1n) is 7.48. The maximum atomic E-state index is 12.2. The van der Waals surface area contributed by atoms with E-state index in [1.807, 2.05) is 42.6 Å². The topological polar surface area (TPSA) is 58.2 Å². The van der Waals surface area contributed by atoms with Gasteiger partial charge in [-0.05, 0) is 59.5 Å². The lowest BCUT2D eigenvalue weighted by Gasteiger charge is -2.14. The molecule has 23 heavy (non-hydrogen) atoms. The maximum absolute atomic E-state index is 12.2. The van der Waals surface area contributed by atoms with Crippen molar-refractivity contribution in [2.24, 2.45) is 5.92 Å². The summed E-state index contributed by atoms with van der Waals surface area (Å²) in [5.41, 5.74) is 2.45. The quantitative estimate of drug-likeness (QED) is 0.794. The Morgan fingerprint density at radius 2 is 1.96 bits per heavy atom. The van der Waals surface area contributed by atoms with Gasteiger partial charge >= 0.3 is 0 Å². The first-order chi connectivity index (χ1) is 11.0. The highest BCUT2D eigenvalue weighted by Gasteiger charge is 2.29. The van der Waals surface area contributed by atoms with Gasteiger partial charge in [0.05, 0.1) is 15.4 Å². The van der Waals surface area contributed by atoms with Crippen LogP contribution in [0, 0.1) is 5.92 Å². The minimum Gasteiger partial charge on any atom is -0.345 e. The van der Waals surface area contributed by atoms with Crippen LogP contribution in [0.4, 0.5) is 5.69 Å². The zero-order valence-corrected chi connectivity index (χ0v) is 15.0. The monoisotopic (exact) mass is 392 g/mol. The van der Waals surface area contributed by atoms with Gasteiger partial charge in [-0.25, -0.2) is 0 Å². The van der Waals surface area contributed by atoms with Crippen molar-refractivity contribution in [1.82, 2.24) is 5.32 Å². The highest BCUT2D eigenvalue weighted by molar-refractivity contribution is 9.11. The molecule has 1 aliphatic rings. The van der Waals surface area contributed by atoms with E-state index in [1.54, 1.807) is 0 Å². The van der Waals surface area contributed by atoms with Crippen LogP contribution in [-0.2, 0) is 4.79 Å². The molecule has 0 aliphatic heterocycles. The second kappa shape index (κ2) is 6.84. The number of hydrogen-bond donors (Lipinski definition) is 2. The highest BCUT2D eigenvalue weighted by atomic mass is 79.9. The van der Waals surface area contributed by atoms with E-state index in [2.05, 4.69) is 26.6 Å². The van der Waals surface area contributed by atoms with Crippen LogP contribution in [0.15, 0.2) is 39.5 Å². The summed E-state index contributed by atoms with van der Waals surface area (Å²) in [5.74, 6) is 0.200. The molecule has 3 rings (SSSR count). The van der Waals surface area contributed by atoms with Crippen LogP contribution < -0.4 is 10.6 Å². The molecule has 1 aromatic carbocycles. The lowest BCUT2D eigenvalue weighted by Crippen LogP contribution is -2.26. The summed E-state index contributed by atoms with van der Waals surface area (Å²) in [5, 5.41) is 7.71. The molecule has 1 unspecified atom stereocenters. The number of amides is 2. The Kier molecular flexibility index (Phi) is 4.82. The Bertz CT molecular complexity index is 722.